The van der Waals surface area contributed by atoms with Crippen molar-refractivity contribution in [3.63, 3.8) is 0 Å². The Morgan fingerprint density at radius 2 is 2.39 bits per heavy atom. The average Bonchev–Trinajstić information content (AvgIpc) is 2.61. The van der Waals surface area contributed by atoms with E-state index in [1.807, 2.05) is 18.2 Å². The summed E-state index contributed by atoms with van der Waals surface area (Å²) in [7, 11) is 3.10. The first-order valence-corrected chi connectivity index (χ1v) is 5.53. The molecule has 5 heteroatoms. The van der Waals surface area contributed by atoms with Gasteiger partial charge in [-0.2, -0.15) is 5.26 Å². The van der Waals surface area contributed by atoms with Crippen LogP contribution in [0.3, 0.4) is 0 Å². The predicted octanol–water partition coefficient (Wildman–Crippen LogP) is 1.12. The summed E-state index contributed by atoms with van der Waals surface area (Å²) in [6.45, 7) is 0. The van der Waals surface area contributed by atoms with Crippen molar-refractivity contribution in [3.05, 3.63) is 35.5 Å². The molecule has 0 saturated carbocycles. The fourth-order valence-electron chi connectivity index (χ4n) is 1.48. The molecule has 0 aliphatic heterocycles. The monoisotopic (exact) mass is 244 g/mol. The molecule has 0 aromatic carbocycles. The Labute approximate surface area is 107 Å². The molecule has 1 aliphatic rings. The van der Waals surface area contributed by atoms with Gasteiger partial charge in [-0.05, 0) is 11.6 Å². The van der Waals surface area contributed by atoms with Crippen molar-refractivity contribution < 1.29 is 4.79 Å². The van der Waals surface area contributed by atoms with Crippen LogP contribution in [0.4, 0.5) is 0 Å². The van der Waals surface area contributed by atoms with Crippen molar-refractivity contribution in [2.45, 2.75) is 12.8 Å². The number of carbonyl (C=O) groups excluding carboxylic acids is 1. The smallest absolute Gasteiger partial charge is 0.233 e. The van der Waals surface area contributed by atoms with Crippen molar-refractivity contribution in [2.24, 2.45) is 10.7 Å². The Morgan fingerprint density at radius 3 is 3.00 bits per heavy atom. The van der Waals surface area contributed by atoms with E-state index < -0.39 is 0 Å². The van der Waals surface area contributed by atoms with Crippen molar-refractivity contribution in [3.8, 4) is 6.07 Å². The van der Waals surface area contributed by atoms with E-state index in [1.54, 1.807) is 13.1 Å². The fraction of sp³-hybridized carbons (Fsp3) is 0.308. The molecule has 0 aromatic heterocycles. The van der Waals surface area contributed by atoms with Crippen molar-refractivity contribution >= 4 is 11.9 Å². The molecule has 0 unspecified atom stereocenters. The van der Waals surface area contributed by atoms with Crippen LogP contribution >= 0.6 is 0 Å². The molecule has 0 radical (unpaired) electrons. The van der Waals surface area contributed by atoms with Crippen LogP contribution in [-0.2, 0) is 4.79 Å². The second kappa shape index (κ2) is 6.40. The van der Waals surface area contributed by atoms with E-state index in [1.165, 1.54) is 11.9 Å². The Balaban J connectivity index is 2.79. The standard InChI is InChI=1S/C13H16N4O/c1-16-13(15)17(2)12(18)8-10-5-3-4-6-11(7-10)9-14/h3-5,7H,6,8H2,1-2H3,(H2,15,16). The Hall–Kier alpha value is -2.35. The summed E-state index contributed by atoms with van der Waals surface area (Å²) in [5.74, 6) is 0.0161. The van der Waals surface area contributed by atoms with Gasteiger partial charge in [0.1, 0.15) is 0 Å². The topological polar surface area (TPSA) is 82.5 Å². The highest BCUT2D eigenvalue weighted by Crippen LogP contribution is 2.15. The van der Waals surface area contributed by atoms with Crippen LogP contribution in [0, 0.1) is 11.3 Å². The van der Waals surface area contributed by atoms with Crippen molar-refractivity contribution in [2.75, 3.05) is 14.1 Å². The Morgan fingerprint density at radius 1 is 1.67 bits per heavy atom. The van der Waals surface area contributed by atoms with Crippen LogP contribution < -0.4 is 5.73 Å². The van der Waals surface area contributed by atoms with Gasteiger partial charge in [-0.25, -0.2) is 0 Å². The first-order chi connectivity index (χ1) is 8.58. The maximum atomic E-state index is 11.9. The number of rotatable bonds is 2. The van der Waals surface area contributed by atoms with Gasteiger partial charge in [0, 0.05) is 26.1 Å². The summed E-state index contributed by atoms with van der Waals surface area (Å²) < 4.78 is 0. The third-order valence-corrected chi connectivity index (χ3v) is 2.59. The molecule has 94 valence electrons. The van der Waals surface area contributed by atoms with Gasteiger partial charge in [0.2, 0.25) is 5.91 Å². The van der Waals surface area contributed by atoms with Gasteiger partial charge in [-0.15, -0.1) is 0 Å². The van der Waals surface area contributed by atoms with Gasteiger partial charge in [0.25, 0.3) is 0 Å². The van der Waals surface area contributed by atoms with Gasteiger partial charge in [0.05, 0.1) is 12.5 Å². The third kappa shape index (κ3) is 3.59. The van der Waals surface area contributed by atoms with Crippen LogP contribution in [0.5, 0.6) is 0 Å². The van der Waals surface area contributed by atoms with Crippen LogP contribution in [0.15, 0.2) is 40.4 Å². The second-order valence-corrected chi connectivity index (χ2v) is 3.87. The van der Waals surface area contributed by atoms with E-state index in [-0.39, 0.29) is 18.3 Å². The number of aliphatic imine (C=N–C) groups is 1. The number of guanidine groups is 1. The molecule has 1 aliphatic carbocycles. The number of nitriles is 1. The molecule has 0 fully saturated rings. The molecule has 0 atom stereocenters. The largest absolute Gasteiger partial charge is 0.369 e. The number of hydrogen-bond acceptors (Lipinski definition) is 3. The SMILES string of the molecule is CN=C(N)N(C)C(=O)CC1=CC=CCC(C#N)=C1. The van der Waals surface area contributed by atoms with Gasteiger partial charge in [-0.3, -0.25) is 14.7 Å². The number of nitrogens with zero attached hydrogens (tertiary/aromatic N) is 3. The highest BCUT2D eigenvalue weighted by Gasteiger charge is 2.13. The quantitative estimate of drug-likeness (QED) is 0.583. The summed E-state index contributed by atoms with van der Waals surface area (Å²) in [4.78, 5) is 17.0. The molecule has 0 heterocycles. The van der Waals surface area contributed by atoms with E-state index >= 15 is 0 Å². The summed E-state index contributed by atoms with van der Waals surface area (Å²) in [5.41, 5.74) is 6.99. The molecule has 1 rings (SSSR count). The maximum Gasteiger partial charge on any atom is 0.233 e. The minimum atomic E-state index is -0.159. The number of allylic oxidation sites excluding steroid dienone is 5. The third-order valence-electron chi connectivity index (χ3n) is 2.59. The molecule has 0 spiro atoms. The molecular weight excluding hydrogens is 228 g/mol. The lowest BCUT2D eigenvalue weighted by molar-refractivity contribution is -0.125. The van der Waals surface area contributed by atoms with E-state index in [4.69, 9.17) is 11.0 Å². The molecule has 0 bridgehead atoms. The minimum Gasteiger partial charge on any atom is -0.369 e. The second-order valence-electron chi connectivity index (χ2n) is 3.87. The zero-order valence-electron chi connectivity index (χ0n) is 10.6. The van der Waals surface area contributed by atoms with E-state index in [2.05, 4.69) is 11.1 Å². The molecule has 18 heavy (non-hydrogen) atoms. The highest BCUT2D eigenvalue weighted by atomic mass is 16.2. The molecule has 1 amide bonds. The van der Waals surface area contributed by atoms with E-state index in [0.29, 0.717) is 12.0 Å². The predicted molar refractivity (Wildman–Crippen MR) is 70.5 cm³/mol. The van der Waals surface area contributed by atoms with Gasteiger partial charge in [0.15, 0.2) is 5.96 Å². The van der Waals surface area contributed by atoms with Gasteiger partial charge < -0.3 is 5.73 Å². The van der Waals surface area contributed by atoms with Crippen LogP contribution in [0.1, 0.15) is 12.8 Å². The Bertz CT molecular complexity index is 492. The van der Waals surface area contributed by atoms with Crippen molar-refractivity contribution in [1.82, 2.24) is 4.90 Å². The number of nitrogens with two attached hydrogens (primary N) is 1. The zero-order chi connectivity index (χ0) is 13.5. The van der Waals surface area contributed by atoms with Crippen LogP contribution in [0.2, 0.25) is 0 Å². The minimum absolute atomic E-state index is 0.159. The summed E-state index contributed by atoms with van der Waals surface area (Å²) in [6.07, 6.45) is 8.10. The normalized spacial score (nSPS) is 15.3. The number of carbonyl (C=O) groups is 1. The van der Waals surface area contributed by atoms with Crippen LogP contribution in [0.25, 0.3) is 0 Å². The van der Waals surface area contributed by atoms with E-state index in [9.17, 15) is 4.79 Å². The molecule has 5 nitrogen and oxygen atoms in total. The first-order valence-electron chi connectivity index (χ1n) is 5.53. The lowest BCUT2D eigenvalue weighted by atomic mass is 10.1. The molecule has 2 N–H and O–H groups in total. The van der Waals surface area contributed by atoms with Gasteiger partial charge in [-0.1, -0.05) is 18.2 Å². The van der Waals surface area contributed by atoms with Crippen molar-refractivity contribution in [1.29, 1.82) is 5.26 Å². The lowest BCUT2D eigenvalue weighted by Gasteiger charge is -2.15. The summed E-state index contributed by atoms with van der Waals surface area (Å²) in [6, 6.07) is 2.11. The number of amides is 1. The highest BCUT2D eigenvalue weighted by molar-refractivity contribution is 5.96. The lowest BCUT2D eigenvalue weighted by Crippen LogP contribution is -2.38. The molecule has 0 aromatic rings. The van der Waals surface area contributed by atoms with Gasteiger partial charge >= 0.3 is 0 Å². The zero-order valence-corrected chi connectivity index (χ0v) is 10.6. The Kier molecular flexibility index (Phi) is 4.88. The maximum absolute atomic E-state index is 11.9. The molecule has 0 saturated heterocycles. The summed E-state index contributed by atoms with van der Waals surface area (Å²) in [5, 5.41) is 8.89. The first kappa shape index (κ1) is 13.7. The fourth-order valence-corrected chi connectivity index (χ4v) is 1.48. The molecular formula is C13H16N4O. The summed E-state index contributed by atoms with van der Waals surface area (Å²) >= 11 is 0. The van der Waals surface area contributed by atoms with Crippen LogP contribution in [-0.4, -0.2) is 30.9 Å². The average molecular weight is 244 g/mol. The van der Waals surface area contributed by atoms with E-state index in [0.717, 1.165) is 5.57 Å². The number of hydrogen-bond donors (Lipinski definition) is 1.